The van der Waals surface area contributed by atoms with Crippen LogP contribution >= 0.6 is 0 Å². The largest absolute Gasteiger partial charge is 0.493 e. The standard InChI is InChI=1S/C28H27F2N5O4/c1-5-24(36)33-21-13-19(35-8-10-39-11-9-35)12-17(2)27(21)34-28-31-15-18(16-32-28)6-7-20-25(29)22(37-3)14-23(38-4)26(20)30/h5,12-16H,1,8-11H2,2-4H3,(H,33,36)(H,31,32,34). The minimum Gasteiger partial charge on any atom is -0.493 e. The molecule has 0 atom stereocenters. The molecule has 0 bridgehead atoms. The van der Waals surface area contributed by atoms with E-state index in [4.69, 9.17) is 14.2 Å². The van der Waals surface area contributed by atoms with Gasteiger partial charge in [0.1, 0.15) is 5.56 Å². The number of amides is 1. The first-order chi connectivity index (χ1) is 18.8. The lowest BCUT2D eigenvalue weighted by Crippen LogP contribution is -2.36. The zero-order valence-corrected chi connectivity index (χ0v) is 21.7. The summed E-state index contributed by atoms with van der Waals surface area (Å²) in [6.45, 7) is 8.16. The van der Waals surface area contributed by atoms with E-state index in [1.165, 1.54) is 32.7 Å². The number of nitrogens with one attached hydrogen (secondary N) is 2. The summed E-state index contributed by atoms with van der Waals surface area (Å²) in [4.78, 5) is 22.9. The summed E-state index contributed by atoms with van der Waals surface area (Å²) in [5.41, 5.74) is 2.76. The Hall–Kier alpha value is -4.69. The molecule has 0 saturated carbocycles. The number of rotatable bonds is 7. The van der Waals surface area contributed by atoms with E-state index < -0.39 is 17.2 Å². The van der Waals surface area contributed by atoms with Gasteiger partial charge in [-0.2, -0.15) is 0 Å². The van der Waals surface area contributed by atoms with Crippen LogP contribution in [-0.4, -0.2) is 56.4 Å². The van der Waals surface area contributed by atoms with Crippen molar-refractivity contribution in [2.24, 2.45) is 0 Å². The molecular formula is C28H27F2N5O4. The van der Waals surface area contributed by atoms with Gasteiger partial charge < -0.3 is 29.7 Å². The van der Waals surface area contributed by atoms with Crippen molar-refractivity contribution in [3.05, 3.63) is 71.6 Å². The van der Waals surface area contributed by atoms with E-state index in [-0.39, 0.29) is 23.4 Å². The second kappa shape index (κ2) is 12.2. The lowest BCUT2D eigenvalue weighted by Gasteiger charge is -2.30. The van der Waals surface area contributed by atoms with Crippen molar-refractivity contribution < 1.29 is 27.8 Å². The molecule has 4 rings (SSSR count). The van der Waals surface area contributed by atoms with Crippen LogP contribution in [0.15, 0.2) is 43.2 Å². The molecule has 9 nitrogen and oxygen atoms in total. The topological polar surface area (TPSA) is 97.8 Å². The van der Waals surface area contributed by atoms with Crippen LogP contribution in [0.2, 0.25) is 0 Å². The molecule has 2 heterocycles. The van der Waals surface area contributed by atoms with Crippen molar-refractivity contribution in [3.8, 4) is 23.3 Å². The minimum atomic E-state index is -0.937. The molecule has 1 saturated heterocycles. The monoisotopic (exact) mass is 535 g/mol. The van der Waals surface area contributed by atoms with Crippen LogP contribution < -0.4 is 25.0 Å². The molecule has 39 heavy (non-hydrogen) atoms. The fourth-order valence-corrected chi connectivity index (χ4v) is 3.92. The Labute approximate surface area is 224 Å². The number of nitrogens with zero attached hydrogens (tertiary/aromatic N) is 3. The lowest BCUT2D eigenvalue weighted by atomic mass is 10.1. The van der Waals surface area contributed by atoms with E-state index in [1.807, 2.05) is 19.1 Å². The van der Waals surface area contributed by atoms with Crippen molar-refractivity contribution in [2.75, 3.05) is 56.1 Å². The fraction of sp³-hybridized carbons (Fsp3) is 0.250. The summed E-state index contributed by atoms with van der Waals surface area (Å²) in [6.07, 6.45) is 4.01. The minimum absolute atomic E-state index is 0.192. The molecule has 0 unspecified atom stereocenters. The summed E-state index contributed by atoms with van der Waals surface area (Å²) >= 11 is 0. The average Bonchev–Trinajstić information content (AvgIpc) is 2.96. The smallest absolute Gasteiger partial charge is 0.247 e. The van der Waals surface area contributed by atoms with Crippen LogP contribution in [0.4, 0.5) is 31.8 Å². The van der Waals surface area contributed by atoms with E-state index in [1.54, 1.807) is 0 Å². The molecule has 2 aromatic carbocycles. The van der Waals surface area contributed by atoms with Crippen LogP contribution in [0.25, 0.3) is 0 Å². The number of methoxy groups -OCH3 is 2. The number of hydrogen-bond donors (Lipinski definition) is 2. The van der Waals surface area contributed by atoms with Crippen molar-refractivity contribution in [3.63, 3.8) is 0 Å². The van der Waals surface area contributed by atoms with Gasteiger partial charge in [0.15, 0.2) is 23.1 Å². The number of hydrogen-bond acceptors (Lipinski definition) is 8. The van der Waals surface area contributed by atoms with Gasteiger partial charge in [-0.15, -0.1) is 0 Å². The van der Waals surface area contributed by atoms with Crippen LogP contribution in [0, 0.1) is 30.4 Å². The number of ether oxygens (including phenoxy) is 3. The van der Waals surface area contributed by atoms with E-state index >= 15 is 0 Å². The summed E-state index contributed by atoms with van der Waals surface area (Å²) in [6, 6.07) is 4.98. The molecule has 1 aliphatic rings. The predicted octanol–water partition coefficient (Wildman–Crippen LogP) is 4.18. The fourth-order valence-electron chi connectivity index (χ4n) is 3.92. The highest BCUT2D eigenvalue weighted by molar-refractivity contribution is 6.02. The van der Waals surface area contributed by atoms with Gasteiger partial charge in [0.2, 0.25) is 11.9 Å². The van der Waals surface area contributed by atoms with Gasteiger partial charge in [0, 0.05) is 37.2 Å². The number of aromatic nitrogens is 2. The van der Waals surface area contributed by atoms with Crippen LogP contribution in [0.3, 0.4) is 0 Å². The molecule has 0 aliphatic carbocycles. The Kier molecular flexibility index (Phi) is 8.58. The summed E-state index contributed by atoms with van der Waals surface area (Å²) in [7, 11) is 2.53. The van der Waals surface area contributed by atoms with E-state index in [9.17, 15) is 13.6 Å². The van der Waals surface area contributed by atoms with Crippen molar-refractivity contribution in [2.45, 2.75) is 6.92 Å². The first-order valence-corrected chi connectivity index (χ1v) is 12.0. The molecule has 202 valence electrons. The van der Waals surface area contributed by atoms with Crippen molar-refractivity contribution >= 4 is 28.9 Å². The highest BCUT2D eigenvalue weighted by Gasteiger charge is 2.19. The molecule has 1 aromatic heterocycles. The maximum Gasteiger partial charge on any atom is 0.247 e. The number of benzene rings is 2. The van der Waals surface area contributed by atoms with Gasteiger partial charge in [-0.1, -0.05) is 18.4 Å². The molecule has 2 N–H and O–H groups in total. The lowest BCUT2D eigenvalue weighted by molar-refractivity contribution is -0.111. The number of morpholine rings is 1. The van der Waals surface area contributed by atoms with Gasteiger partial charge in [-0.3, -0.25) is 4.79 Å². The molecule has 0 spiro atoms. The molecule has 0 radical (unpaired) electrons. The molecular weight excluding hydrogens is 508 g/mol. The normalized spacial score (nSPS) is 12.7. The van der Waals surface area contributed by atoms with E-state index in [0.29, 0.717) is 30.2 Å². The zero-order valence-electron chi connectivity index (χ0n) is 21.7. The zero-order chi connectivity index (χ0) is 27.9. The quantitative estimate of drug-likeness (QED) is 0.344. The van der Waals surface area contributed by atoms with Gasteiger partial charge in [0.25, 0.3) is 0 Å². The Balaban J connectivity index is 1.60. The number of halogens is 2. The third kappa shape index (κ3) is 6.25. The second-order valence-electron chi connectivity index (χ2n) is 8.43. The van der Waals surface area contributed by atoms with Gasteiger partial charge in [-0.25, -0.2) is 18.7 Å². The maximum absolute atomic E-state index is 14.6. The van der Waals surface area contributed by atoms with Crippen molar-refractivity contribution in [1.29, 1.82) is 0 Å². The third-order valence-electron chi connectivity index (χ3n) is 5.93. The summed E-state index contributed by atoms with van der Waals surface area (Å²) < 4.78 is 44.5. The van der Waals surface area contributed by atoms with Crippen LogP contribution in [0.1, 0.15) is 16.7 Å². The summed E-state index contributed by atoms with van der Waals surface area (Å²) in [5.74, 6) is 2.74. The number of aryl methyl sites for hydroxylation is 1. The Morgan fingerprint density at radius 2 is 1.72 bits per heavy atom. The van der Waals surface area contributed by atoms with Crippen molar-refractivity contribution in [1.82, 2.24) is 9.97 Å². The highest BCUT2D eigenvalue weighted by Crippen LogP contribution is 2.34. The summed E-state index contributed by atoms with van der Waals surface area (Å²) in [5, 5.41) is 5.97. The SMILES string of the molecule is C=CC(=O)Nc1cc(N2CCOCC2)cc(C)c1Nc1ncc(C#Cc2c(F)c(OC)cc(OC)c2F)cn1. The Morgan fingerprint density at radius 3 is 2.31 bits per heavy atom. The van der Waals surface area contributed by atoms with Gasteiger partial charge in [-0.05, 0) is 30.7 Å². The first kappa shape index (κ1) is 27.3. The average molecular weight is 536 g/mol. The van der Waals surface area contributed by atoms with E-state index in [2.05, 4.69) is 43.9 Å². The Morgan fingerprint density at radius 1 is 1.08 bits per heavy atom. The molecule has 3 aromatic rings. The number of carbonyl (C=O) groups is 1. The maximum atomic E-state index is 14.6. The van der Waals surface area contributed by atoms with Gasteiger partial charge >= 0.3 is 0 Å². The van der Waals surface area contributed by atoms with E-state index in [0.717, 1.165) is 30.4 Å². The number of anilines is 4. The molecule has 11 heteroatoms. The highest BCUT2D eigenvalue weighted by atomic mass is 19.1. The molecule has 1 fully saturated rings. The molecule has 1 amide bonds. The van der Waals surface area contributed by atoms with Crippen LogP contribution in [0.5, 0.6) is 11.5 Å². The first-order valence-electron chi connectivity index (χ1n) is 12.0. The Bertz CT molecular complexity index is 1420. The predicted molar refractivity (Wildman–Crippen MR) is 144 cm³/mol. The third-order valence-corrected chi connectivity index (χ3v) is 5.93. The second-order valence-corrected chi connectivity index (χ2v) is 8.43. The van der Waals surface area contributed by atoms with Gasteiger partial charge in [0.05, 0.1) is 44.4 Å². The van der Waals surface area contributed by atoms with Crippen LogP contribution in [-0.2, 0) is 9.53 Å². The molecule has 1 aliphatic heterocycles. The number of carbonyl (C=O) groups excluding carboxylic acids is 1.